The molecule has 0 aromatic carbocycles. The van der Waals surface area contributed by atoms with Gasteiger partial charge in [-0.3, -0.25) is 0 Å². The van der Waals surface area contributed by atoms with Gasteiger partial charge in [-0.15, -0.1) is 0 Å². The van der Waals surface area contributed by atoms with Crippen LogP contribution in [-0.4, -0.2) is 50.3 Å². The number of unbranched alkanes of at least 4 members (excludes halogenated alkanes) is 1. The zero-order chi connectivity index (χ0) is 13.1. The molecule has 0 saturated carbocycles. The smallest absolute Gasteiger partial charge is 0.0478 e. The predicted octanol–water partition coefficient (Wildman–Crippen LogP) is 2.66. The van der Waals surface area contributed by atoms with Crippen LogP contribution in [-0.2, 0) is 4.74 Å². The third kappa shape index (κ3) is 7.34. The van der Waals surface area contributed by atoms with E-state index in [9.17, 15) is 0 Å². The van der Waals surface area contributed by atoms with Crippen molar-refractivity contribution in [1.82, 2.24) is 10.2 Å². The molecule has 1 rings (SSSR count). The molecule has 1 saturated heterocycles. The van der Waals surface area contributed by atoms with Gasteiger partial charge in [-0.05, 0) is 58.3 Å². The van der Waals surface area contributed by atoms with Crippen LogP contribution in [0, 0.1) is 0 Å². The van der Waals surface area contributed by atoms with Crippen LogP contribution < -0.4 is 5.32 Å². The molecular formula is C15H32N2O. The molecule has 3 nitrogen and oxygen atoms in total. The molecule has 1 aliphatic heterocycles. The van der Waals surface area contributed by atoms with E-state index in [0.717, 1.165) is 32.2 Å². The van der Waals surface area contributed by atoms with Gasteiger partial charge < -0.3 is 15.0 Å². The number of nitrogens with zero attached hydrogens (tertiary/aromatic N) is 1. The van der Waals surface area contributed by atoms with Gasteiger partial charge >= 0.3 is 0 Å². The Kier molecular flexibility index (Phi) is 9.54. The van der Waals surface area contributed by atoms with Crippen LogP contribution in [0.15, 0.2) is 0 Å². The highest BCUT2D eigenvalue weighted by Gasteiger charge is 2.17. The number of nitrogens with one attached hydrogen (secondary N) is 1. The van der Waals surface area contributed by atoms with Crippen molar-refractivity contribution in [1.29, 1.82) is 0 Å². The number of hydrogen-bond donors (Lipinski definition) is 1. The summed E-state index contributed by atoms with van der Waals surface area (Å²) in [4.78, 5) is 2.59. The number of likely N-dealkylation sites (tertiary alicyclic amines) is 1. The summed E-state index contributed by atoms with van der Waals surface area (Å²) in [5, 5.41) is 3.67. The van der Waals surface area contributed by atoms with Crippen LogP contribution in [0.4, 0.5) is 0 Å². The Morgan fingerprint density at radius 2 is 1.78 bits per heavy atom. The number of rotatable bonds is 10. The minimum Gasteiger partial charge on any atom is -0.381 e. The van der Waals surface area contributed by atoms with Crippen molar-refractivity contribution in [3.63, 3.8) is 0 Å². The topological polar surface area (TPSA) is 24.5 Å². The lowest BCUT2D eigenvalue weighted by molar-refractivity contribution is 0.126. The van der Waals surface area contributed by atoms with Crippen LogP contribution in [0.5, 0.6) is 0 Å². The molecular weight excluding hydrogens is 224 g/mol. The molecule has 0 unspecified atom stereocenters. The Morgan fingerprint density at radius 3 is 2.44 bits per heavy atom. The van der Waals surface area contributed by atoms with E-state index in [4.69, 9.17) is 4.74 Å². The Labute approximate surface area is 113 Å². The Balaban J connectivity index is 1.88. The molecule has 108 valence electrons. The van der Waals surface area contributed by atoms with E-state index >= 15 is 0 Å². The lowest BCUT2D eigenvalue weighted by Crippen LogP contribution is -2.43. The number of ether oxygens (including phenoxy) is 1. The highest BCUT2D eigenvalue weighted by Crippen LogP contribution is 2.10. The molecule has 18 heavy (non-hydrogen) atoms. The van der Waals surface area contributed by atoms with Gasteiger partial charge in [0, 0.05) is 19.3 Å². The lowest BCUT2D eigenvalue weighted by atomic mass is 10.0. The third-order valence-electron chi connectivity index (χ3n) is 3.67. The molecule has 1 N–H and O–H groups in total. The minimum absolute atomic E-state index is 0.744. The highest BCUT2D eigenvalue weighted by molar-refractivity contribution is 4.76. The van der Waals surface area contributed by atoms with E-state index in [0.29, 0.717) is 0 Å². The number of piperidine rings is 1. The van der Waals surface area contributed by atoms with Gasteiger partial charge in [0.15, 0.2) is 0 Å². The van der Waals surface area contributed by atoms with Crippen LogP contribution in [0.1, 0.15) is 52.4 Å². The predicted molar refractivity (Wildman–Crippen MR) is 78.1 cm³/mol. The second-order valence-electron chi connectivity index (χ2n) is 5.39. The van der Waals surface area contributed by atoms with Crippen molar-refractivity contribution in [2.75, 3.05) is 39.4 Å². The maximum Gasteiger partial charge on any atom is 0.0478 e. The molecule has 3 heteroatoms. The number of hydrogen-bond acceptors (Lipinski definition) is 3. The maximum atomic E-state index is 5.56. The summed E-state index contributed by atoms with van der Waals surface area (Å²) in [6.07, 6.45) is 7.50. The van der Waals surface area contributed by atoms with E-state index in [1.165, 1.54) is 51.7 Å². The monoisotopic (exact) mass is 256 g/mol. The Bertz CT molecular complexity index is 179. The summed E-state index contributed by atoms with van der Waals surface area (Å²) >= 11 is 0. The molecule has 0 atom stereocenters. The van der Waals surface area contributed by atoms with Crippen LogP contribution in [0.3, 0.4) is 0 Å². The van der Waals surface area contributed by atoms with E-state index in [1.807, 2.05) is 0 Å². The standard InChI is InChI=1S/C15H32N2O/c1-3-5-13-18-14-6-9-16-15-7-11-17(10-4-2)12-8-15/h15-16H,3-14H2,1-2H3. The van der Waals surface area contributed by atoms with E-state index < -0.39 is 0 Å². The van der Waals surface area contributed by atoms with Crippen molar-refractivity contribution in [3.05, 3.63) is 0 Å². The average molecular weight is 256 g/mol. The van der Waals surface area contributed by atoms with Gasteiger partial charge in [0.1, 0.15) is 0 Å². The molecule has 0 bridgehead atoms. The highest BCUT2D eigenvalue weighted by atomic mass is 16.5. The lowest BCUT2D eigenvalue weighted by Gasteiger charge is -2.32. The minimum atomic E-state index is 0.744. The summed E-state index contributed by atoms with van der Waals surface area (Å²) < 4.78 is 5.56. The zero-order valence-electron chi connectivity index (χ0n) is 12.4. The first-order chi connectivity index (χ1) is 8.86. The van der Waals surface area contributed by atoms with Gasteiger partial charge in [0.2, 0.25) is 0 Å². The summed E-state index contributed by atoms with van der Waals surface area (Å²) in [6.45, 7) is 11.3. The quantitative estimate of drug-likeness (QED) is 0.608. The molecule has 0 aromatic rings. The van der Waals surface area contributed by atoms with E-state index in [-0.39, 0.29) is 0 Å². The Hall–Kier alpha value is -0.120. The maximum absolute atomic E-state index is 5.56. The van der Waals surface area contributed by atoms with E-state index in [2.05, 4.69) is 24.1 Å². The molecule has 1 heterocycles. The van der Waals surface area contributed by atoms with Crippen molar-refractivity contribution < 1.29 is 4.74 Å². The van der Waals surface area contributed by atoms with Crippen LogP contribution >= 0.6 is 0 Å². The zero-order valence-corrected chi connectivity index (χ0v) is 12.4. The fraction of sp³-hybridized carbons (Fsp3) is 1.00. The summed E-state index contributed by atoms with van der Waals surface area (Å²) in [6, 6.07) is 0.744. The molecule has 0 aromatic heterocycles. The first kappa shape index (κ1) is 15.9. The molecule has 0 spiro atoms. The second-order valence-corrected chi connectivity index (χ2v) is 5.39. The fourth-order valence-corrected chi connectivity index (χ4v) is 2.51. The molecule has 0 amide bonds. The van der Waals surface area contributed by atoms with Crippen molar-refractivity contribution in [2.45, 2.75) is 58.4 Å². The van der Waals surface area contributed by atoms with Crippen LogP contribution in [0.2, 0.25) is 0 Å². The first-order valence-corrected chi connectivity index (χ1v) is 7.90. The summed E-state index contributed by atoms with van der Waals surface area (Å²) in [7, 11) is 0. The van der Waals surface area contributed by atoms with Gasteiger partial charge in [0.05, 0.1) is 0 Å². The van der Waals surface area contributed by atoms with Crippen molar-refractivity contribution >= 4 is 0 Å². The fourth-order valence-electron chi connectivity index (χ4n) is 2.51. The third-order valence-corrected chi connectivity index (χ3v) is 3.67. The van der Waals surface area contributed by atoms with E-state index in [1.54, 1.807) is 0 Å². The molecule has 0 aliphatic carbocycles. The Morgan fingerprint density at radius 1 is 1.06 bits per heavy atom. The van der Waals surface area contributed by atoms with Gasteiger partial charge in [-0.2, -0.15) is 0 Å². The van der Waals surface area contributed by atoms with Crippen LogP contribution in [0.25, 0.3) is 0 Å². The van der Waals surface area contributed by atoms with Crippen molar-refractivity contribution in [3.8, 4) is 0 Å². The van der Waals surface area contributed by atoms with Crippen molar-refractivity contribution in [2.24, 2.45) is 0 Å². The average Bonchev–Trinajstić information content (AvgIpc) is 2.40. The second kappa shape index (κ2) is 10.8. The summed E-state index contributed by atoms with van der Waals surface area (Å²) in [5.74, 6) is 0. The van der Waals surface area contributed by atoms with Gasteiger partial charge in [0.25, 0.3) is 0 Å². The molecule has 0 radical (unpaired) electrons. The normalized spacial score (nSPS) is 18.3. The largest absolute Gasteiger partial charge is 0.381 e. The SMILES string of the molecule is CCCCOCCCNC1CCN(CCC)CC1. The van der Waals surface area contributed by atoms with Gasteiger partial charge in [-0.25, -0.2) is 0 Å². The van der Waals surface area contributed by atoms with Gasteiger partial charge in [-0.1, -0.05) is 20.3 Å². The molecule has 1 aliphatic rings. The molecule has 1 fully saturated rings. The summed E-state index contributed by atoms with van der Waals surface area (Å²) in [5.41, 5.74) is 0. The first-order valence-electron chi connectivity index (χ1n) is 7.90.